The van der Waals surface area contributed by atoms with E-state index in [2.05, 4.69) is 5.32 Å². The molecule has 1 aromatic carbocycles. The Hall–Kier alpha value is -1.22. The van der Waals surface area contributed by atoms with Gasteiger partial charge in [0.25, 0.3) is 0 Å². The molecule has 1 atom stereocenters. The van der Waals surface area contributed by atoms with Crippen molar-refractivity contribution in [2.75, 3.05) is 7.05 Å². The van der Waals surface area contributed by atoms with Crippen LogP contribution in [-0.2, 0) is 0 Å². The third-order valence-corrected chi connectivity index (χ3v) is 1.86. The SMILES string of the molecule is CNC(C)c1cc(O)cc(O)c1. The molecule has 0 amide bonds. The third-order valence-electron chi connectivity index (χ3n) is 1.86. The van der Waals surface area contributed by atoms with Gasteiger partial charge >= 0.3 is 0 Å². The van der Waals surface area contributed by atoms with Gasteiger partial charge in [-0.25, -0.2) is 0 Å². The van der Waals surface area contributed by atoms with Gasteiger partial charge in [0.1, 0.15) is 11.5 Å². The van der Waals surface area contributed by atoms with Crippen LogP contribution in [0.25, 0.3) is 0 Å². The van der Waals surface area contributed by atoms with E-state index in [1.807, 2.05) is 14.0 Å². The van der Waals surface area contributed by atoms with Gasteiger partial charge in [0, 0.05) is 12.1 Å². The van der Waals surface area contributed by atoms with E-state index in [-0.39, 0.29) is 17.5 Å². The van der Waals surface area contributed by atoms with Gasteiger partial charge in [-0.3, -0.25) is 0 Å². The summed E-state index contributed by atoms with van der Waals surface area (Å²) >= 11 is 0. The van der Waals surface area contributed by atoms with Gasteiger partial charge in [-0.15, -0.1) is 0 Å². The summed E-state index contributed by atoms with van der Waals surface area (Å²) in [5.74, 6) is 0.180. The van der Waals surface area contributed by atoms with Crippen molar-refractivity contribution in [2.45, 2.75) is 13.0 Å². The van der Waals surface area contributed by atoms with Crippen molar-refractivity contribution in [1.29, 1.82) is 0 Å². The Balaban J connectivity index is 3.00. The smallest absolute Gasteiger partial charge is 0.119 e. The summed E-state index contributed by atoms with van der Waals surface area (Å²) in [7, 11) is 1.83. The fourth-order valence-corrected chi connectivity index (χ4v) is 1.03. The van der Waals surface area contributed by atoms with Gasteiger partial charge in [0.2, 0.25) is 0 Å². The highest BCUT2D eigenvalue weighted by atomic mass is 16.3. The number of rotatable bonds is 2. The maximum Gasteiger partial charge on any atom is 0.119 e. The molecule has 0 aliphatic heterocycles. The molecule has 0 fully saturated rings. The highest BCUT2D eigenvalue weighted by molar-refractivity contribution is 5.37. The van der Waals surface area contributed by atoms with Crippen LogP contribution in [0.2, 0.25) is 0 Å². The maximum absolute atomic E-state index is 9.15. The number of phenols is 2. The van der Waals surface area contributed by atoms with Gasteiger partial charge in [-0.1, -0.05) is 0 Å². The molecule has 12 heavy (non-hydrogen) atoms. The molecule has 1 rings (SSSR count). The topological polar surface area (TPSA) is 52.5 Å². The number of hydrogen-bond donors (Lipinski definition) is 3. The Kier molecular flexibility index (Phi) is 2.55. The Bertz CT molecular complexity index is 253. The molecule has 3 N–H and O–H groups in total. The first-order valence-corrected chi connectivity index (χ1v) is 3.83. The minimum absolute atomic E-state index is 0.0899. The van der Waals surface area contributed by atoms with E-state index in [0.717, 1.165) is 5.56 Å². The Labute approximate surface area is 71.7 Å². The molecule has 0 aromatic heterocycles. The second kappa shape index (κ2) is 3.45. The van der Waals surface area contributed by atoms with Gasteiger partial charge in [0.05, 0.1) is 0 Å². The number of nitrogens with one attached hydrogen (secondary N) is 1. The first-order chi connectivity index (χ1) is 5.63. The van der Waals surface area contributed by atoms with E-state index in [9.17, 15) is 0 Å². The molecule has 0 bridgehead atoms. The Morgan fingerprint density at radius 3 is 2.08 bits per heavy atom. The lowest BCUT2D eigenvalue weighted by Crippen LogP contribution is -2.11. The minimum atomic E-state index is 0.0899. The standard InChI is InChI=1S/C9H13NO2/c1-6(10-2)7-3-8(11)5-9(12)4-7/h3-6,10-12H,1-2H3. The van der Waals surface area contributed by atoms with Crippen molar-refractivity contribution in [3.8, 4) is 11.5 Å². The van der Waals surface area contributed by atoms with Crippen LogP contribution in [-0.4, -0.2) is 17.3 Å². The molecular weight excluding hydrogens is 154 g/mol. The zero-order valence-corrected chi connectivity index (χ0v) is 7.20. The van der Waals surface area contributed by atoms with Crippen molar-refractivity contribution in [2.24, 2.45) is 0 Å². The molecule has 0 spiro atoms. The second-order valence-corrected chi connectivity index (χ2v) is 2.79. The van der Waals surface area contributed by atoms with Crippen LogP contribution in [0, 0.1) is 0 Å². The predicted octanol–water partition coefficient (Wildman–Crippen LogP) is 1.38. The number of hydrogen-bond acceptors (Lipinski definition) is 3. The third kappa shape index (κ3) is 1.89. The first-order valence-electron chi connectivity index (χ1n) is 3.83. The molecule has 3 nitrogen and oxygen atoms in total. The largest absolute Gasteiger partial charge is 0.508 e. The molecule has 1 unspecified atom stereocenters. The molecule has 0 saturated carbocycles. The maximum atomic E-state index is 9.15. The number of aromatic hydroxyl groups is 2. The van der Waals surface area contributed by atoms with Crippen LogP contribution in [0.4, 0.5) is 0 Å². The lowest BCUT2D eigenvalue weighted by Gasteiger charge is -2.10. The molecule has 66 valence electrons. The number of benzene rings is 1. The average Bonchev–Trinajstić information content (AvgIpc) is 2.01. The summed E-state index contributed by atoms with van der Waals surface area (Å²) in [6, 6.07) is 4.69. The van der Waals surface area contributed by atoms with E-state index >= 15 is 0 Å². The predicted molar refractivity (Wildman–Crippen MR) is 47.2 cm³/mol. The normalized spacial score (nSPS) is 12.8. The second-order valence-electron chi connectivity index (χ2n) is 2.79. The summed E-state index contributed by atoms with van der Waals surface area (Å²) in [6.07, 6.45) is 0. The zero-order valence-electron chi connectivity index (χ0n) is 7.20. The fraction of sp³-hybridized carbons (Fsp3) is 0.333. The molecule has 3 heteroatoms. The van der Waals surface area contributed by atoms with E-state index < -0.39 is 0 Å². The lowest BCUT2D eigenvalue weighted by molar-refractivity contribution is 0.447. The molecule has 0 aliphatic rings. The van der Waals surface area contributed by atoms with Crippen LogP contribution in [0.5, 0.6) is 11.5 Å². The quantitative estimate of drug-likeness (QED) is 0.623. The van der Waals surface area contributed by atoms with Gasteiger partial charge in [-0.05, 0) is 31.7 Å². The van der Waals surface area contributed by atoms with E-state index in [0.29, 0.717) is 0 Å². The van der Waals surface area contributed by atoms with Crippen molar-refractivity contribution < 1.29 is 10.2 Å². The Morgan fingerprint density at radius 1 is 1.17 bits per heavy atom. The average molecular weight is 167 g/mol. The van der Waals surface area contributed by atoms with Gasteiger partial charge in [-0.2, -0.15) is 0 Å². The van der Waals surface area contributed by atoms with Crippen molar-refractivity contribution in [3.63, 3.8) is 0 Å². The first kappa shape index (κ1) is 8.87. The van der Waals surface area contributed by atoms with Crippen molar-refractivity contribution >= 4 is 0 Å². The van der Waals surface area contributed by atoms with Crippen LogP contribution in [0.1, 0.15) is 18.5 Å². The van der Waals surface area contributed by atoms with Crippen LogP contribution in [0.15, 0.2) is 18.2 Å². The summed E-state index contributed by atoms with van der Waals surface area (Å²) in [5, 5.41) is 21.3. The molecule has 0 heterocycles. The number of phenolic OH excluding ortho intramolecular Hbond substituents is 2. The summed E-state index contributed by atoms with van der Waals surface area (Å²) in [5.41, 5.74) is 0.870. The summed E-state index contributed by atoms with van der Waals surface area (Å²) in [6.45, 7) is 1.95. The molecule has 0 radical (unpaired) electrons. The highest BCUT2D eigenvalue weighted by Gasteiger charge is 2.04. The van der Waals surface area contributed by atoms with E-state index in [1.54, 1.807) is 12.1 Å². The van der Waals surface area contributed by atoms with Crippen LogP contribution < -0.4 is 5.32 Å². The van der Waals surface area contributed by atoms with Crippen molar-refractivity contribution in [1.82, 2.24) is 5.32 Å². The molecule has 0 aliphatic carbocycles. The minimum Gasteiger partial charge on any atom is -0.508 e. The Morgan fingerprint density at radius 2 is 1.67 bits per heavy atom. The van der Waals surface area contributed by atoms with Gasteiger partial charge < -0.3 is 15.5 Å². The lowest BCUT2D eigenvalue weighted by atomic mass is 10.1. The molecule has 0 saturated heterocycles. The highest BCUT2D eigenvalue weighted by Crippen LogP contribution is 2.24. The van der Waals surface area contributed by atoms with Crippen LogP contribution >= 0.6 is 0 Å². The zero-order chi connectivity index (χ0) is 9.14. The van der Waals surface area contributed by atoms with Crippen LogP contribution in [0.3, 0.4) is 0 Å². The van der Waals surface area contributed by atoms with Gasteiger partial charge in [0.15, 0.2) is 0 Å². The van der Waals surface area contributed by atoms with Crippen molar-refractivity contribution in [3.05, 3.63) is 23.8 Å². The summed E-state index contributed by atoms with van der Waals surface area (Å²) < 4.78 is 0. The summed E-state index contributed by atoms with van der Waals surface area (Å²) in [4.78, 5) is 0. The molecular formula is C9H13NO2. The van der Waals surface area contributed by atoms with E-state index in [4.69, 9.17) is 10.2 Å². The molecule has 1 aromatic rings. The monoisotopic (exact) mass is 167 g/mol. The van der Waals surface area contributed by atoms with E-state index in [1.165, 1.54) is 6.07 Å². The fourth-order valence-electron chi connectivity index (χ4n) is 1.03.